The highest BCUT2D eigenvalue weighted by molar-refractivity contribution is 5.43. The minimum Gasteiger partial charge on any atom is -0.312 e. The molecule has 1 aromatic carbocycles. The van der Waals surface area contributed by atoms with Gasteiger partial charge in [-0.2, -0.15) is 13.2 Å². The van der Waals surface area contributed by atoms with Crippen molar-refractivity contribution in [3.63, 3.8) is 0 Å². The van der Waals surface area contributed by atoms with Crippen LogP contribution in [0.25, 0.3) is 0 Å². The molecule has 0 bridgehead atoms. The molecule has 0 saturated heterocycles. The number of hydrogen-bond acceptors (Lipinski definition) is 1. The zero-order valence-corrected chi connectivity index (χ0v) is 10.9. The van der Waals surface area contributed by atoms with Gasteiger partial charge in [0.2, 0.25) is 0 Å². The number of alkyl halides is 3. The van der Waals surface area contributed by atoms with Crippen molar-refractivity contribution in [2.24, 2.45) is 0 Å². The van der Waals surface area contributed by atoms with E-state index in [9.17, 15) is 13.2 Å². The quantitative estimate of drug-likeness (QED) is 0.746. The van der Waals surface area contributed by atoms with E-state index < -0.39 is 12.1 Å². The van der Waals surface area contributed by atoms with Gasteiger partial charge >= 0.3 is 6.18 Å². The van der Waals surface area contributed by atoms with Gasteiger partial charge in [0, 0.05) is 13.1 Å². The Labute approximate surface area is 105 Å². The zero-order valence-electron chi connectivity index (χ0n) is 10.9. The minimum absolute atomic E-state index is 0.0237. The van der Waals surface area contributed by atoms with Crippen molar-refractivity contribution in [3.05, 3.63) is 34.9 Å². The predicted molar refractivity (Wildman–Crippen MR) is 65.6 cm³/mol. The zero-order chi connectivity index (χ0) is 13.6. The van der Waals surface area contributed by atoms with Gasteiger partial charge in [0.1, 0.15) is 0 Å². The van der Waals surface area contributed by atoms with E-state index in [-0.39, 0.29) is 12.0 Å². The highest BCUT2D eigenvalue weighted by Gasteiger charge is 2.43. The van der Waals surface area contributed by atoms with Crippen molar-refractivity contribution in [2.45, 2.75) is 44.8 Å². The van der Waals surface area contributed by atoms with Crippen LogP contribution in [0.1, 0.15) is 43.4 Å². The van der Waals surface area contributed by atoms with Crippen molar-refractivity contribution in [1.29, 1.82) is 0 Å². The van der Waals surface area contributed by atoms with E-state index in [0.29, 0.717) is 12.1 Å². The molecule has 1 aromatic rings. The number of halogens is 3. The van der Waals surface area contributed by atoms with E-state index in [1.54, 1.807) is 12.1 Å². The van der Waals surface area contributed by atoms with E-state index in [1.165, 1.54) is 0 Å². The normalized spacial score (nSPS) is 20.7. The summed E-state index contributed by atoms with van der Waals surface area (Å²) in [6.07, 6.45) is -4.18. The standard InChI is InChI=1S/C14H18F3N/c1-13(2,3)11-6-4-5-9-10(11)7-18-8-12(9)14(15,16)17/h4-6,12,18H,7-8H2,1-3H3/t12-/m0/s1. The number of benzene rings is 1. The highest BCUT2D eigenvalue weighted by Crippen LogP contribution is 2.40. The number of nitrogens with one attached hydrogen (secondary N) is 1. The van der Waals surface area contributed by atoms with Gasteiger partial charge in [-0.05, 0) is 22.1 Å². The molecular weight excluding hydrogens is 239 g/mol. The molecule has 1 heterocycles. The van der Waals surface area contributed by atoms with E-state index >= 15 is 0 Å². The second-order valence-corrected chi connectivity index (χ2v) is 5.85. The molecule has 1 nitrogen and oxygen atoms in total. The molecule has 18 heavy (non-hydrogen) atoms. The van der Waals surface area contributed by atoms with E-state index in [0.717, 1.165) is 11.1 Å². The van der Waals surface area contributed by atoms with Crippen molar-refractivity contribution in [1.82, 2.24) is 5.32 Å². The predicted octanol–water partition coefficient (Wildman–Crippen LogP) is 3.73. The third kappa shape index (κ3) is 2.39. The first-order valence-electron chi connectivity index (χ1n) is 6.11. The van der Waals surface area contributed by atoms with Gasteiger partial charge in [-0.3, -0.25) is 0 Å². The lowest BCUT2D eigenvalue weighted by molar-refractivity contribution is -0.150. The summed E-state index contributed by atoms with van der Waals surface area (Å²) in [5.74, 6) is -1.39. The minimum atomic E-state index is -4.18. The third-order valence-electron chi connectivity index (χ3n) is 3.44. The lowest BCUT2D eigenvalue weighted by Crippen LogP contribution is -2.37. The average Bonchev–Trinajstić information content (AvgIpc) is 2.24. The van der Waals surface area contributed by atoms with Gasteiger partial charge in [0.15, 0.2) is 0 Å². The largest absolute Gasteiger partial charge is 0.396 e. The molecule has 0 unspecified atom stereocenters. The van der Waals surface area contributed by atoms with Crippen LogP contribution < -0.4 is 5.32 Å². The summed E-state index contributed by atoms with van der Waals surface area (Å²) in [7, 11) is 0. The van der Waals surface area contributed by atoms with Gasteiger partial charge in [-0.25, -0.2) is 0 Å². The van der Waals surface area contributed by atoms with Gasteiger partial charge < -0.3 is 5.32 Å². The fraction of sp³-hybridized carbons (Fsp3) is 0.571. The molecule has 0 aliphatic carbocycles. The Bertz CT molecular complexity index is 443. The molecule has 4 heteroatoms. The molecule has 0 aromatic heterocycles. The first-order chi connectivity index (χ1) is 8.21. The Hall–Kier alpha value is -1.03. The van der Waals surface area contributed by atoms with Crippen LogP contribution in [-0.2, 0) is 12.0 Å². The molecular formula is C14H18F3N. The van der Waals surface area contributed by atoms with Crippen molar-refractivity contribution >= 4 is 0 Å². The number of hydrogen-bond donors (Lipinski definition) is 1. The maximum Gasteiger partial charge on any atom is 0.396 e. The maximum absolute atomic E-state index is 13.0. The van der Waals surface area contributed by atoms with Crippen molar-refractivity contribution in [2.75, 3.05) is 6.54 Å². The Kier molecular flexibility index (Phi) is 3.18. The fourth-order valence-electron chi connectivity index (χ4n) is 2.57. The SMILES string of the molecule is CC(C)(C)c1cccc2c1CNC[C@@H]2C(F)(F)F. The molecule has 0 spiro atoms. The van der Waals surface area contributed by atoms with Gasteiger partial charge in [-0.15, -0.1) is 0 Å². The first-order valence-corrected chi connectivity index (χ1v) is 6.11. The van der Waals surface area contributed by atoms with Crippen molar-refractivity contribution in [3.8, 4) is 0 Å². The average molecular weight is 257 g/mol. The molecule has 100 valence electrons. The molecule has 2 rings (SSSR count). The summed E-state index contributed by atoms with van der Waals surface area (Å²) in [6, 6.07) is 5.28. The second kappa shape index (κ2) is 4.26. The van der Waals surface area contributed by atoms with Crippen molar-refractivity contribution < 1.29 is 13.2 Å². The Morgan fingerprint density at radius 3 is 2.39 bits per heavy atom. The fourth-order valence-corrected chi connectivity index (χ4v) is 2.57. The monoisotopic (exact) mass is 257 g/mol. The van der Waals surface area contributed by atoms with Crippen LogP contribution in [0.3, 0.4) is 0 Å². The van der Waals surface area contributed by atoms with Crippen LogP contribution in [0, 0.1) is 0 Å². The Morgan fingerprint density at radius 2 is 1.83 bits per heavy atom. The Balaban J connectivity index is 2.54. The van der Waals surface area contributed by atoms with Crippen LogP contribution in [0.4, 0.5) is 13.2 Å². The van der Waals surface area contributed by atoms with Crippen LogP contribution >= 0.6 is 0 Å². The molecule has 1 N–H and O–H groups in total. The van der Waals surface area contributed by atoms with Gasteiger partial charge in [-0.1, -0.05) is 39.0 Å². The number of fused-ring (bicyclic) bond motifs is 1. The summed E-state index contributed by atoms with van der Waals surface area (Å²) < 4.78 is 39.0. The maximum atomic E-state index is 13.0. The van der Waals surface area contributed by atoms with Gasteiger partial charge in [0.05, 0.1) is 5.92 Å². The summed E-state index contributed by atoms with van der Waals surface area (Å²) in [5.41, 5.74) is 2.12. The van der Waals surface area contributed by atoms with E-state index in [2.05, 4.69) is 5.32 Å². The van der Waals surface area contributed by atoms with E-state index in [4.69, 9.17) is 0 Å². The van der Waals surface area contributed by atoms with E-state index in [1.807, 2.05) is 26.8 Å². The molecule has 1 aliphatic heterocycles. The lowest BCUT2D eigenvalue weighted by Gasteiger charge is -2.33. The third-order valence-corrected chi connectivity index (χ3v) is 3.44. The highest BCUT2D eigenvalue weighted by atomic mass is 19.4. The summed E-state index contributed by atoms with van der Waals surface area (Å²) in [6.45, 7) is 6.58. The summed E-state index contributed by atoms with van der Waals surface area (Å²) in [5, 5.41) is 2.89. The molecule has 1 atom stereocenters. The Morgan fingerprint density at radius 1 is 1.17 bits per heavy atom. The molecule has 0 radical (unpaired) electrons. The van der Waals surface area contributed by atoms with Crippen LogP contribution in [0.2, 0.25) is 0 Å². The molecule has 0 amide bonds. The smallest absolute Gasteiger partial charge is 0.312 e. The topological polar surface area (TPSA) is 12.0 Å². The summed E-state index contributed by atoms with van der Waals surface area (Å²) >= 11 is 0. The second-order valence-electron chi connectivity index (χ2n) is 5.85. The molecule has 0 saturated carbocycles. The van der Waals surface area contributed by atoms with Crippen LogP contribution in [0.15, 0.2) is 18.2 Å². The van der Waals surface area contributed by atoms with Crippen LogP contribution in [-0.4, -0.2) is 12.7 Å². The molecule has 1 aliphatic rings. The lowest BCUT2D eigenvalue weighted by atomic mass is 9.78. The first kappa shape index (κ1) is 13.4. The number of rotatable bonds is 0. The summed E-state index contributed by atoms with van der Waals surface area (Å²) in [4.78, 5) is 0. The van der Waals surface area contributed by atoms with Crippen LogP contribution in [0.5, 0.6) is 0 Å². The van der Waals surface area contributed by atoms with Gasteiger partial charge in [0.25, 0.3) is 0 Å². The molecule has 0 fully saturated rings.